The summed E-state index contributed by atoms with van der Waals surface area (Å²) in [5.74, 6) is 0.506. The SMILES string of the molecule is CNc1nc(N)c2c(I)cn(S(=O)(=O)c3ccc(C)cc3)c2n1. The maximum atomic E-state index is 12.9. The minimum Gasteiger partial charge on any atom is -0.383 e. The van der Waals surface area contributed by atoms with E-state index in [1.807, 2.05) is 29.5 Å². The molecule has 2 heterocycles. The molecule has 0 fully saturated rings. The lowest BCUT2D eigenvalue weighted by Gasteiger charge is -2.08. The third-order valence-electron chi connectivity index (χ3n) is 3.40. The van der Waals surface area contributed by atoms with Gasteiger partial charge in [-0.05, 0) is 41.6 Å². The van der Waals surface area contributed by atoms with E-state index in [0.29, 0.717) is 8.96 Å². The van der Waals surface area contributed by atoms with E-state index in [0.717, 1.165) is 9.54 Å². The number of nitrogens with two attached hydrogens (primary N) is 1. The first-order valence-electron chi connectivity index (χ1n) is 6.68. The van der Waals surface area contributed by atoms with Gasteiger partial charge in [-0.1, -0.05) is 17.7 Å². The van der Waals surface area contributed by atoms with Crippen LogP contribution in [0.4, 0.5) is 11.8 Å². The molecule has 0 bridgehead atoms. The van der Waals surface area contributed by atoms with Crippen molar-refractivity contribution in [3.63, 3.8) is 0 Å². The number of fused-ring (bicyclic) bond motifs is 1. The summed E-state index contributed by atoms with van der Waals surface area (Å²) in [7, 11) is -2.12. The van der Waals surface area contributed by atoms with Crippen LogP contribution in [-0.4, -0.2) is 29.4 Å². The van der Waals surface area contributed by atoms with E-state index in [4.69, 9.17) is 5.73 Å². The third-order valence-corrected chi connectivity index (χ3v) is 5.88. The van der Waals surface area contributed by atoms with Crippen molar-refractivity contribution >= 4 is 55.4 Å². The number of nitrogens with zero attached hydrogens (tertiary/aromatic N) is 3. The zero-order valence-corrected chi connectivity index (χ0v) is 15.4. The molecule has 3 N–H and O–H groups in total. The van der Waals surface area contributed by atoms with Gasteiger partial charge in [0.15, 0.2) is 5.65 Å². The summed E-state index contributed by atoms with van der Waals surface area (Å²) in [6.45, 7) is 1.90. The molecule has 0 unspecified atom stereocenters. The van der Waals surface area contributed by atoms with Crippen molar-refractivity contribution < 1.29 is 8.42 Å². The van der Waals surface area contributed by atoms with Crippen LogP contribution in [0.15, 0.2) is 35.4 Å². The van der Waals surface area contributed by atoms with Crippen LogP contribution in [-0.2, 0) is 10.0 Å². The number of hydrogen-bond acceptors (Lipinski definition) is 6. The molecule has 0 amide bonds. The Morgan fingerprint density at radius 3 is 2.48 bits per heavy atom. The standard InChI is InChI=1S/C14H14IN5O2S/c1-8-3-5-9(6-4-8)23(21,22)20-7-10(15)11-12(16)18-14(17-2)19-13(11)20/h3-7H,1-2H3,(H3,16,17,18,19). The molecular weight excluding hydrogens is 429 g/mol. The van der Waals surface area contributed by atoms with Crippen molar-refractivity contribution in [1.29, 1.82) is 0 Å². The first-order valence-corrected chi connectivity index (χ1v) is 9.20. The quantitative estimate of drug-likeness (QED) is 0.602. The number of halogens is 1. The summed E-state index contributed by atoms with van der Waals surface area (Å²) >= 11 is 2.03. The van der Waals surface area contributed by atoms with Crippen molar-refractivity contribution in [3.05, 3.63) is 39.6 Å². The molecule has 9 heteroatoms. The van der Waals surface area contributed by atoms with Crippen LogP contribution in [0, 0.1) is 10.5 Å². The van der Waals surface area contributed by atoms with Crippen LogP contribution >= 0.6 is 22.6 Å². The van der Waals surface area contributed by atoms with Gasteiger partial charge in [0, 0.05) is 16.8 Å². The molecule has 3 rings (SSSR count). The number of rotatable bonds is 3. The first kappa shape index (κ1) is 16.0. The largest absolute Gasteiger partial charge is 0.383 e. The van der Waals surface area contributed by atoms with Gasteiger partial charge in [0.2, 0.25) is 5.95 Å². The zero-order chi connectivity index (χ0) is 16.8. The first-order chi connectivity index (χ1) is 10.8. The molecule has 0 saturated carbocycles. The lowest BCUT2D eigenvalue weighted by atomic mass is 10.2. The molecule has 0 aliphatic heterocycles. The number of aryl methyl sites for hydroxylation is 1. The van der Waals surface area contributed by atoms with E-state index in [-0.39, 0.29) is 22.3 Å². The van der Waals surface area contributed by atoms with Crippen molar-refractivity contribution in [2.45, 2.75) is 11.8 Å². The number of aromatic nitrogens is 3. The predicted octanol–water partition coefficient (Wildman–Crippen LogP) is 2.21. The van der Waals surface area contributed by atoms with Crippen molar-refractivity contribution in [3.8, 4) is 0 Å². The molecular formula is C14H14IN5O2S. The number of nitrogen functional groups attached to an aromatic ring is 1. The van der Waals surface area contributed by atoms with Gasteiger partial charge in [0.05, 0.1) is 10.3 Å². The highest BCUT2D eigenvalue weighted by atomic mass is 127. The molecule has 23 heavy (non-hydrogen) atoms. The second-order valence-corrected chi connectivity index (χ2v) is 7.95. The summed E-state index contributed by atoms with van der Waals surface area (Å²) in [6.07, 6.45) is 1.50. The van der Waals surface area contributed by atoms with E-state index in [2.05, 4.69) is 15.3 Å². The highest BCUT2D eigenvalue weighted by molar-refractivity contribution is 14.1. The fourth-order valence-electron chi connectivity index (χ4n) is 2.20. The van der Waals surface area contributed by atoms with Gasteiger partial charge in [0.25, 0.3) is 10.0 Å². The van der Waals surface area contributed by atoms with Gasteiger partial charge in [0.1, 0.15) is 5.82 Å². The monoisotopic (exact) mass is 443 g/mol. The fraction of sp³-hybridized carbons (Fsp3) is 0.143. The summed E-state index contributed by atoms with van der Waals surface area (Å²) in [4.78, 5) is 8.56. The zero-order valence-electron chi connectivity index (χ0n) is 12.4. The minimum absolute atomic E-state index is 0.194. The summed E-state index contributed by atoms with van der Waals surface area (Å²) in [5, 5.41) is 3.31. The lowest BCUT2D eigenvalue weighted by Crippen LogP contribution is -2.13. The van der Waals surface area contributed by atoms with Gasteiger partial charge in [-0.15, -0.1) is 0 Å². The Balaban J connectivity index is 2.31. The highest BCUT2D eigenvalue weighted by Crippen LogP contribution is 2.29. The van der Waals surface area contributed by atoms with Crippen molar-refractivity contribution in [2.24, 2.45) is 0 Å². The Labute approximate surface area is 147 Å². The van der Waals surface area contributed by atoms with Gasteiger partial charge >= 0.3 is 0 Å². The van der Waals surface area contributed by atoms with Crippen LogP contribution in [0.3, 0.4) is 0 Å². The fourth-order valence-corrected chi connectivity index (χ4v) is 4.50. The van der Waals surface area contributed by atoms with Gasteiger partial charge in [-0.3, -0.25) is 0 Å². The number of hydrogen-bond donors (Lipinski definition) is 2. The number of benzene rings is 1. The predicted molar refractivity (Wildman–Crippen MR) is 98.0 cm³/mol. The van der Waals surface area contributed by atoms with Crippen LogP contribution in [0.2, 0.25) is 0 Å². The summed E-state index contributed by atoms with van der Waals surface area (Å²) in [5.41, 5.74) is 7.19. The molecule has 7 nitrogen and oxygen atoms in total. The van der Waals surface area contributed by atoms with Crippen LogP contribution in [0.25, 0.3) is 11.0 Å². The molecule has 0 radical (unpaired) electrons. The second kappa shape index (κ2) is 5.64. The van der Waals surface area contributed by atoms with E-state index in [9.17, 15) is 8.42 Å². The molecule has 3 aromatic rings. The molecule has 0 spiro atoms. The summed E-state index contributed by atoms with van der Waals surface area (Å²) < 4.78 is 27.7. The maximum Gasteiger partial charge on any atom is 0.269 e. The van der Waals surface area contributed by atoms with Crippen molar-refractivity contribution in [2.75, 3.05) is 18.1 Å². The number of nitrogens with one attached hydrogen (secondary N) is 1. The molecule has 120 valence electrons. The Hall–Kier alpha value is -1.88. The van der Waals surface area contributed by atoms with Crippen LogP contribution < -0.4 is 11.1 Å². The normalized spacial score (nSPS) is 11.8. The Kier molecular flexibility index (Phi) is 3.92. The second-order valence-electron chi connectivity index (χ2n) is 4.97. The topological polar surface area (TPSA) is 103 Å². The van der Waals surface area contributed by atoms with Gasteiger partial charge in [-0.2, -0.15) is 9.97 Å². The average Bonchev–Trinajstić information content (AvgIpc) is 2.85. The van der Waals surface area contributed by atoms with E-state index < -0.39 is 10.0 Å². The average molecular weight is 443 g/mol. The molecule has 1 aromatic carbocycles. The highest BCUT2D eigenvalue weighted by Gasteiger charge is 2.23. The Morgan fingerprint density at radius 1 is 1.22 bits per heavy atom. The molecule has 0 atom stereocenters. The minimum atomic E-state index is -3.76. The third kappa shape index (κ3) is 2.63. The molecule has 0 aliphatic rings. The van der Waals surface area contributed by atoms with Gasteiger partial charge in [-0.25, -0.2) is 12.4 Å². The molecule has 2 aromatic heterocycles. The lowest BCUT2D eigenvalue weighted by molar-refractivity contribution is 0.588. The van der Waals surface area contributed by atoms with E-state index in [1.54, 1.807) is 31.3 Å². The smallest absolute Gasteiger partial charge is 0.269 e. The maximum absolute atomic E-state index is 12.9. The van der Waals surface area contributed by atoms with E-state index in [1.165, 1.54) is 6.20 Å². The Bertz CT molecular complexity index is 996. The summed E-state index contributed by atoms with van der Waals surface area (Å²) in [6, 6.07) is 6.66. The van der Waals surface area contributed by atoms with Gasteiger partial charge < -0.3 is 11.1 Å². The molecule has 0 aliphatic carbocycles. The number of anilines is 2. The van der Waals surface area contributed by atoms with Crippen molar-refractivity contribution in [1.82, 2.24) is 13.9 Å². The molecule has 0 saturated heterocycles. The van der Waals surface area contributed by atoms with E-state index >= 15 is 0 Å². The van der Waals surface area contributed by atoms with Crippen LogP contribution in [0.1, 0.15) is 5.56 Å². The Morgan fingerprint density at radius 2 is 1.87 bits per heavy atom. The van der Waals surface area contributed by atoms with Crippen LogP contribution in [0.5, 0.6) is 0 Å².